The third kappa shape index (κ3) is 3.59. The first-order valence-corrected chi connectivity index (χ1v) is 7.87. The van der Waals surface area contributed by atoms with Crippen LogP contribution in [0.15, 0.2) is 0 Å². The highest BCUT2D eigenvalue weighted by molar-refractivity contribution is 5.25. The monoisotopic (exact) mass is 263 g/mol. The minimum absolute atomic E-state index is 0.586. The Morgan fingerprint density at radius 1 is 1.26 bits per heavy atom. The van der Waals surface area contributed by atoms with E-state index in [2.05, 4.69) is 37.7 Å². The first-order chi connectivity index (χ1) is 9.09. The fraction of sp³-hybridized carbons (Fsp3) is 0.812. The first kappa shape index (κ1) is 14.6. The Morgan fingerprint density at radius 3 is 2.58 bits per heavy atom. The summed E-state index contributed by atoms with van der Waals surface area (Å²) in [5.41, 5.74) is 4.14. The van der Waals surface area contributed by atoms with Crippen molar-refractivity contribution in [2.45, 2.75) is 78.3 Å². The van der Waals surface area contributed by atoms with Gasteiger partial charge >= 0.3 is 0 Å². The topological polar surface area (TPSA) is 29.9 Å². The zero-order valence-corrected chi connectivity index (χ0v) is 13.0. The van der Waals surface area contributed by atoms with E-state index in [9.17, 15) is 0 Å². The molecule has 1 aromatic rings. The summed E-state index contributed by atoms with van der Waals surface area (Å²) >= 11 is 0. The van der Waals surface area contributed by atoms with Crippen LogP contribution in [0.5, 0.6) is 0 Å². The van der Waals surface area contributed by atoms with E-state index in [1.807, 2.05) is 0 Å². The van der Waals surface area contributed by atoms with E-state index in [-0.39, 0.29) is 0 Å². The van der Waals surface area contributed by atoms with Gasteiger partial charge in [0.25, 0.3) is 0 Å². The van der Waals surface area contributed by atoms with Gasteiger partial charge in [-0.2, -0.15) is 5.10 Å². The largest absolute Gasteiger partial charge is 0.315 e. The van der Waals surface area contributed by atoms with Gasteiger partial charge in [-0.05, 0) is 51.6 Å². The normalized spacial score (nSPS) is 16.7. The summed E-state index contributed by atoms with van der Waals surface area (Å²) in [5, 5.41) is 8.29. The van der Waals surface area contributed by atoms with Crippen LogP contribution >= 0.6 is 0 Å². The Labute approximate surface area is 117 Å². The highest BCUT2D eigenvalue weighted by atomic mass is 15.3. The van der Waals surface area contributed by atoms with Crippen molar-refractivity contribution in [1.29, 1.82) is 0 Å². The molecule has 1 aliphatic rings. The molecule has 0 atom stereocenters. The second-order valence-corrected chi connectivity index (χ2v) is 6.24. The molecule has 1 fully saturated rings. The van der Waals surface area contributed by atoms with Crippen LogP contribution in [-0.4, -0.2) is 22.4 Å². The maximum atomic E-state index is 4.80. The zero-order valence-electron chi connectivity index (χ0n) is 13.0. The Kier molecular flexibility index (Phi) is 5.03. The Balaban J connectivity index is 1.96. The van der Waals surface area contributed by atoms with Crippen molar-refractivity contribution in [3.05, 3.63) is 17.0 Å². The van der Waals surface area contributed by atoms with Gasteiger partial charge in [-0.3, -0.25) is 4.68 Å². The molecule has 0 saturated heterocycles. The average Bonchev–Trinajstić information content (AvgIpc) is 2.95. The molecule has 3 nitrogen and oxygen atoms in total. The summed E-state index contributed by atoms with van der Waals surface area (Å²) in [6.07, 6.45) is 7.74. The molecular formula is C16H29N3. The summed E-state index contributed by atoms with van der Waals surface area (Å²) in [6, 6.07) is 1.25. The molecule has 0 bridgehead atoms. The van der Waals surface area contributed by atoms with E-state index >= 15 is 0 Å². The van der Waals surface area contributed by atoms with Gasteiger partial charge in [-0.25, -0.2) is 0 Å². The predicted molar refractivity (Wildman–Crippen MR) is 80.7 cm³/mol. The van der Waals surface area contributed by atoms with Crippen LogP contribution in [0.4, 0.5) is 0 Å². The minimum atomic E-state index is 0.586. The van der Waals surface area contributed by atoms with Crippen LogP contribution in [0.3, 0.4) is 0 Å². The molecule has 0 aromatic carbocycles. The lowest BCUT2D eigenvalue weighted by molar-refractivity contribution is 0.454. The van der Waals surface area contributed by atoms with E-state index in [1.165, 1.54) is 49.1 Å². The summed E-state index contributed by atoms with van der Waals surface area (Å²) < 4.78 is 2.31. The fourth-order valence-corrected chi connectivity index (χ4v) is 3.22. The minimum Gasteiger partial charge on any atom is -0.315 e. The van der Waals surface area contributed by atoms with Crippen LogP contribution < -0.4 is 5.32 Å². The van der Waals surface area contributed by atoms with Gasteiger partial charge in [0.1, 0.15) is 0 Å². The van der Waals surface area contributed by atoms with Crippen LogP contribution in [0.1, 0.15) is 68.9 Å². The number of hydrogen-bond acceptors (Lipinski definition) is 2. The number of aryl methyl sites for hydroxylation is 1. The second-order valence-electron chi connectivity index (χ2n) is 6.24. The van der Waals surface area contributed by atoms with Crippen LogP contribution in [0.2, 0.25) is 0 Å². The molecule has 2 rings (SSSR count). The summed E-state index contributed by atoms with van der Waals surface area (Å²) in [6.45, 7) is 9.93. The van der Waals surface area contributed by atoms with Crippen molar-refractivity contribution < 1.29 is 0 Å². The van der Waals surface area contributed by atoms with E-state index in [4.69, 9.17) is 5.10 Å². The molecule has 108 valence electrons. The second kappa shape index (κ2) is 6.56. The Morgan fingerprint density at radius 2 is 1.95 bits per heavy atom. The van der Waals surface area contributed by atoms with E-state index in [0.717, 1.165) is 13.0 Å². The smallest absolute Gasteiger partial charge is 0.0628 e. The molecule has 1 aromatic heterocycles. The molecule has 1 N–H and O–H groups in total. The van der Waals surface area contributed by atoms with Gasteiger partial charge < -0.3 is 5.32 Å². The molecule has 0 amide bonds. The van der Waals surface area contributed by atoms with Gasteiger partial charge in [-0.1, -0.05) is 26.7 Å². The molecule has 1 aliphatic carbocycles. The highest BCUT2D eigenvalue weighted by Gasteiger charge is 2.21. The number of hydrogen-bond donors (Lipinski definition) is 1. The van der Waals surface area contributed by atoms with Crippen molar-refractivity contribution in [2.24, 2.45) is 0 Å². The highest BCUT2D eigenvalue weighted by Crippen LogP contribution is 2.31. The predicted octanol–water partition coefficient (Wildman–Crippen LogP) is 3.55. The van der Waals surface area contributed by atoms with Crippen molar-refractivity contribution in [3.63, 3.8) is 0 Å². The van der Waals surface area contributed by atoms with Crippen LogP contribution in [-0.2, 0) is 6.42 Å². The summed E-state index contributed by atoms with van der Waals surface area (Å²) in [7, 11) is 0. The van der Waals surface area contributed by atoms with E-state index < -0.39 is 0 Å². The maximum absolute atomic E-state index is 4.80. The van der Waals surface area contributed by atoms with Gasteiger partial charge in [0.05, 0.1) is 11.7 Å². The molecule has 3 heteroatoms. The van der Waals surface area contributed by atoms with Gasteiger partial charge in [0, 0.05) is 11.7 Å². The standard InChI is InChI=1S/C16H29N3/c1-12(2)17-11-7-10-16-13(3)18-19(14(16)4)15-8-5-6-9-15/h12,15,17H,5-11H2,1-4H3. The lowest BCUT2D eigenvalue weighted by Crippen LogP contribution is -2.24. The van der Waals surface area contributed by atoms with E-state index in [1.54, 1.807) is 0 Å². The van der Waals surface area contributed by atoms with Crippen molar-refractivity contribution >= 4 is 0 Å². The Bertz CT molecular complexity index is 400. The third-order valence-electron chi connectivity index (χ3n) is 4.30. The number of nitrogens with zero attached hydrogens (tertiary/aromatic N) is 2. The van der Waals surface area contributed by atoms with Crippen molar-refractivity contribution in [2.75, 3.05) is 6.54 Å². The molecule has 0 spiro atoms. The Hall–Kier alpha value is -0.830. The molecule has 0 radical (unpaired) electrons. The lowest BCUT2D eigenvalue weighted by atomic mass is 10.1. The molecule has 0 aliphatic heterocycles. The van der Waals surface area contributed by atoms with Gasteiger partial charge in [0.2, 0.25) is 0 Å². The summed E-state index contributed by atoms with van der Waals surface area (Å²) in [4.78, 5) is 0. The number of aromatic nitrogens is 2. The van der Waals surface area contributed by atoms with Crippen LogP contribution in [0.25, 0.3) is 0 Å². The average molecular weight is 263 g/mol. The number of rotatable bonds is 6. The zero-order chi connectivity index (χ0) is 13.8. The van der Waals surface area contributed by atoms with Gasteiger partial charge in [-0.15, -0.1) is 0 Å². The molecule has 1 heterocycles. The molecule has 19 heavy (non-hydrogen) atoms. The molecule has 1 saturated carbocycles. The van der Waals surface area contributed by atoms with Crippen molar-refractivity contribution in [1.82, 2.24) is 15.1 Å². The SMILES string of the molecule is Cc1nn(C2CCCC2)c(C)c1CCCNC(C)C. The molecule has 0 unspecified atom stereocenters. The molecular weight excluding hydrogens is 234 g/mol. The van der Waals surface area contributed by atoms with Gasteiger partial charge in [0.15, 0.2) is 0 Å². The summed E-state index contributed by atoms with van der Waals surface area (Å²) in [5.74, 6) is 0. The maximum Gasteiger partial charge on any atom is 0.0628 e. The van der Waals surface area contributed by atoms with E-state index in [0.29, 0.717) is 12.1 Å². The first-order valence-electron chi connectivity index (χ1n) is 7.87. The van der Waals surface area contributed by atoms with Crippen molar-refractivity contribution in [3.8, 4) is 0 Å². The fourth-order valence-electron chi connectivity index (χ4n) is 3.22. The number of nitrogens with one attached hydrogen (secondary N) is 1. The van der Waals surface area contributed by atoms with Crippen LogP contribution in [0, 0.1) is 13.8 Å². The third-order valence-corrected chi connectivity index (χ3v) is 4.30. The quantitative estimate of drug-likeness (QED) is 0.796. The lowest BCUT2D eigenvalue weighted by Gasteiger charge is -2.12.